The maximum absolute atomic E-state index is 16.3. The van der Waals surface area contributed by atoms with Gasteiger partial charge in [-0.15, -0.1) is 0 Å². The molecule has 2 saturated heterocycles. The number of anilines is 3. The Balaban J connectivity index is 1.34. The molecule has 2 fully saturated rings. The number of ether oxygens (including phenoxy) is 1. The van der Waals surface area contributed by atoms with Crippen molar-refractivity contribution in [2.45, 2.75) is 69.1 Å². The number of amides is 3. The van der Waals surface area contributed by atoms with E-state index in [-0.39, 0.29) is 48.7 Å². The number of carbonyl (C=O) groups is 3. The van der Waals surface area contributed by atoms with Gasteiger partial charge in [-0.3, -0.25) is 24.5 Å². The number of hydrogen-bond donors (Lipinski definition) is 3. The lowest BCUT2D eigenvalue weighted by Crippen LogP contribution is -2.45. The zero-order chi connectivity index (χ0) is 35.2. The third-order valence-corrected chi connectivity index (χ3v) is 12.6. The van der Waals surface area contributed by atoms with E-state index in [2.05, 4.69) is 5.32 Å². The topological polar surface area (TPSA) is 168 Å². The Morgan fingerprint density at radius 2 is 1.90 bits per heavy atom. The van der Waals surface area contributed by atoms with Crippen LogP contribution in [0.4, 0.5) is 26.9 Å². The smallest absolute Gasteiger partial charge is 0.269 e. The van der Waals surface area contributed by atoms with Gasteiger partial charge in [0.1, 0.15) is 0 Å². The number of likely N-dealkylation sites (tertiary alicyclic amines) is 1. The van der Waals surface area contributed by atoms with Crippen molar-refractivity contribution in [1.82, 2.24) is 4.90 Å². The molecule has 3 aromatic rings. The quantitative estimate of drug-likeness (QED) is 0.0914. The number of halogens is 1. The van der Waals surface area contributed by atoms with Gasteiger partial charge in [0.15, 0.2) is 5.60 Å². The minimum atomic E-state index is -3.61. The maximum atomic E-state index is 16.3. The highest BCUT2D eigenvalue weighted by Gasteiger charge is 2.67. The van der Waals surface area contributed by atoms with E-state index >= 15 is 4.11 Å². The molecule has 0 unspecified atom stereocenters. The first-order valence-corrected chi connectivity index (χ1v) is 19.3. The highest BCUT2D eigenvalue weighted by atomic mass is 28.4. The van der Waals surface area contributed by atoms with Crippen LogP contribution in [0, 0.1) is 16.0 Å². The number of benzene rings is 3. The Bertz CT molecular complexity index is 1800. The van der Waals surface area contributed by atoms with Crippen LogP contribution in [0.3, 0.4) is 0 Å². The van der Waals surface area contributed by atoms with Crippen LogP contribution in [0.5, 0.6) is 0 Å². The van der Waals surface area contributed by atoms with Gasteiger partial charge in [0.25, 0.3) is 17.5 Å². The van der Waals surface area contributed by atoms with Crippen LogP contribution >= 0.6 is 0 Å². The average Bonchev–Trinajstić information content (AvgIpc) is 3.71. The minimum absolute atomic E-state index is 0.0315. The summed E-state index contributed by atoms with van der Waals surface area (Å²) in [5, 5.41) is 24.6. The number of nitro groups is 1. The van der Waals surface area contributed by atoms with Gasteiger partial charge in [-0.2, -0.15) is 0 Å². The second-order valence-corrected chi connectivity index (χ2v) is 17.5. The zero-order valence-electron chi connectivity index (χ0n) is 27.6. The number of hydrogen-bond acceptors (Lipinski definition) is 8. The molecule has 12 nitrogen and oxygen atoms in total. The van der Waals surface area contributed by atoms with Crippen LogP contribution in [0.15, 0.2) is 66.7 Å². The van der Waals surface area contributed by atoms with E-state index in [1.54, 1.807) is 60.4 Å². The lowest BCUT2D eigenvalue weighted by Gasteiger charge is -2.31. The number of nitro benzene ring substituents is 1. The fraction of sp³-hybridized carbons (Fsp3) is 0.400. The minimum Gasteiger partial charge on any atom is -0.399 e. The van der Waals surface area contributed by atoms with Gasteiger partial charge in [-0.25, -0.2) is 0 Å². The van der Waals surface area contributed by atoms with Crippen LogP contribution < -0.4 is 16.0 Å². The maximum Gasteiger partial charge on any atom is 0.269 e. The number of nitrogen functional groups attached to an aromatic ring is 1. The van der Waals surface area contributed by atoms with Crippen molar-refractivity contribution in [3.05, 3.63) is 93.5 Å². The first kappa shape index (κ1) is 34.2. The van der Waals surface area contributed by atoms with Crippen molar-refractivity contribution < 1.29 is 33.3 Å². The molecule has 0 aromatic heterocycles. The molecule has 3 heterocycles. The number of rotatable bonds is 9. The Labute approximate surface area is 284 Å². The Morgan fingerprint density at radius 3 is 2.57 bits per heavy atom. The summed E-state index contributed by atoms with van der Waals surface area (Å²) >= 11 is 0. The van der Waals surface area contributed by atoms with Gasteiger partial charge in [-0.1, -0.05) is 19.1 Å². The van der Waals surface area contributed by atoms with Gasteiger partial charge in [0.2, 0.25) is 14.3 Å². The van der Waals surface area contributed by atoms with Crippen molar-refractivity contribution in [1.29, 1.82) is 0 Å². The van der Waals surface area contributed by atoms with E-state index in [1.165, 1.54) is 36.2 Å². The Kier molecular flexibility index (Phi) is 9.07. The van der Waals surface area contributed by atoms with E-state index < -0.39 is 42.4 Å². The van der Waals surface area contributed by atoms with E-state index in [4.69, 9.17) is 10.5 Å². The largest absolute Gasteiger partial charge is 0.399 e. The molecule has 4 N–H and O–H groups in total. The number of non-ortho nitro benzene ring substituents is 1. The highest BCUT2D eigenvalue weighted by Crippen LogP contribution is 2.60. The van der Waals surface area contributed by atoms with Gasteiger partial charge >= 0.3 is 0 Å². The number of nitrogens with two attached hydrogens (primary N) is 1. The lowest BCUT2D eigenvalue weighted by atomic mass is 9.82. The molecule has 0 radical (unpaired) electrons. The molecule has 3 aliphatic rings. The van der Waals surface area contributed by atoms with Gasteiger partial charge < -0.3 is 34.8 Å². The van der Waals surface area contributed by atoms with Gasteiger partial charge in [0.05, 0.1) is 42.3 Å². The Hall–Kier alpha value is -4.66. The molecule has 3 amide bonds. The summed E-state index contributed by atoms with van der Waals surface area (Å²) in [5.41, 5.74) is 5.69. The fourth-order valence-corrected chi connectivity index (χ4v) is 10.4. The van der Waals surface area contributed by atoms with Crippen molar-refractivity contribution >= 4 is 48.9 Å². The van der Waals surface area contributed by atoms with Crippen LogP contribution in [0.2, 0.25) is 18.6 Å². The molecule has 49 heavy (non-hydrogen) atoms. The van der Waals surface area contributed by atoms with E-state index in [1.807, 2.05) is 0 Å². The van der Waals surface area contributed by atoms with Crippen LogP contribution in [0.1, 0.15) is 47.7 Å². The SMILES string of the molecule is C[C@@H]1[C@@H]([Si](C)(C)F)[C@H](CC(=O)N2CCC[C@H]2CO)O[C@@]12C(=O)N(Cc1cccc(NC(=O)c3ccc(N)cc3)c1)c1ccc([N+](=O)[O-])cc12. The lowest BCUT2D eigenvalue weighted by molar-refractivity contribution is -0.385. The van der Waals surface area contributed by atoms with Crippen molar-refractivity contribution in [2.24, 2.45) is 5.92 Å². The number of nitrogens with zero attached hydrogens (tertiary/aromatic N) is 3. The molecule has 3 aliphatic heterocycles. The molecule has 0 bridgehead atoms. The first-order valence-electron chi connectivity index (χ1n) is 16.4. The van der Waals surface area contributed by atoms with Crippen molar-refractivity contribution in [3.8, 4) is 0 Å². The second-order valence-electron chi connectivity index (χ2n) is 13.7. The highest BCUT2D eigenvalue weighted by molar-refractivity contribution is 6.72. The van der Waals surface area contributed by atoms with Crippen molar-refractivity contribution in [3.63, 3.8) is 0 Å². The fourth-order valence-electron chi connectivity index (χ4n) is 7.92. The second kappa shape index (κ2) is 13.0. The van der Waals surface area contributed by atoms with Gasteiger partial charge in [0, 0.05) is 52.6 Å². The molecule has 5 atom stereocenters. The summed E-state index contributed by atoms with van der Waals surface area (Å²) < 4.78 is 22.9. The third kappa shape index (κ3) is 6.19. The van der Waals surface area contributed by atoms with E-state index in [0.717, 1.165) is 6.42 Å². The molecule has 258 valence electrons. The Morgan fingerprint density at radius 1 is 1.16 bits per heavy atom. The monoisotopic (exact) mass is 689 g/mol. The molecular weight excluding hydrogens is 649 g/mol. The number of nitrogens with one attached hydrogen (secondary N) is 1. The van der Waals surface area contributed by atoms with Crippen LogP contribution in [0.25, 0.3) is 0 Å². The summed E-state index contributed by atoms with van der Waals surface area (Å²) in [6.07, 6.45) is 0.266. The molecule has 6 rings (SSSR count). The van der Waals surface area contributed by atoms with E-state index in [0.29, 0.717) is 41.2 Å². The van der Waals surface area contributed by atoms with Crippen LogP contribution in [-0.2, 0) is 26.5 Å². The molecule has 0 saturated carbocycles. The summed E-state index contributed by atoms with van der Waals surface area (Å²) in [7, 11) is -3.61. The molecule has 14 heteroatoms. The third-order valence-electron chi connectivity index (χ3n) is 10.1. The summed E-state index contributed by atoms with van der Waals surface area (Å²) in [6, 6.07) is 17.3. The number of aliphatic hydroxyl groups excluding tert-OH is 1. The number of carbonyl (C=O) groups excluding carboxylic acids is 3. The predicted molar refractivity (Wildman–Crippen MR) is 184 cm³/mol. The zero-order valence-corrected chi connectivity index (χ0v) is 28.6. The van der Waals surface area contributed by atoms with Crippen LogP contribution in [-0.4, -0.2) is 66.4 Å². The molecule has 3 aromatic carbocycles. The number of fused-ring (bicyclic) bond motifs is 2. The summed E-state index contributed by atoms with van der Waals surface area (Å²) in [4.78, 5) is 55.6. The average molecular weight is 690 g/mol. The standard InChI is InChI=1S/C35H40FN5O7Si/c1-21-32(49(2,3)36)30(18-31(43)39-15-5-8-27(39)20-42)48-35(21)28-17-26(41(46)47)13-14-29(28)40(34(35)45)19-22-6-4-7-25(16-22)38-33(44)23-9-11-24(37)12-10-23/h4,6-7,9-14,16-17,21,27,30,32,42H,5,8,15,18-20,37H2,1-3H3,(H,38,44)/t21-,27+,30+,32-,35+/m1/s1. The molecule has 1 spiro atoms. The molecule has 0 aliphatic carbocycles. The summed E-state index contributed by atoms with van der Waals surface area (Å²) in [5.74, 6) is -1.89. The van der Waals surface area contributed by atoms with E-state index in [9.17, 15) is 29.6 Å². The first-order chi connectivity index (χ1) is 23.2. The molecular formula is C35H40FN5O7Si. The van der Waals surface area contributed by atoms with Crippen molar-refractivity contribution in [2.75, 3.05) is 29.1 Å². The summed E-state index contributed by atoms with van der Waals surface area (Å²) in [6.45, 7) is 5.10. The predicted octanol–water partition coefficient (Wildman–Crippen LogP) is 5.12. The van der Waals surface area contributed by atoms with Gasteiger partial charge in [-0.05, 0) is 74.0 Å². The normalized spacial score (nSPS) is 24.8. The number of aliphatic hydroxyl groups is 1.